The second kappa shape index (κ2) is 2.98. The van der Waals surface area contributed by atoms with Crippen molar-refractivity contribution in [3.05, 3.63) is 29.7 Å². The molecule has 60 valence electrons. The molecule has 0 aromatic carbocycles. The van der Waals surface area contributed by atoms with Gasteiger partial charge in [-0.05, 0) is 13.0 Å². The van der Waals surface area contributed by atoms with Gasteiger partial charge in [-0.3, -0.25) is 4.98 Å². The van der Waals surface area contributed by atoms with Crippen molar-refractivity contribution in [2.24, 2.45) is 0 Å². The van der Waals surface area contributed by atoms with Gasteiger partial charge in [-0.15, -0.1) is 0 Å². The number of pyridine rings is 1. The first kappa shape index (κ1) is 8.17. The number of aromatic nitrogens is 1. The molecule has 1 rings (SSSR count). The van der Waals surface area contributed by atoms with Crippen LogP contribution in [0.5, 0.6) is 0 Å². The molecule has 0 saturated heterocycles. The first-order valence-electron chi connectivity index (χ1n) is 3.64. The van der Waals surface area contributed by atoms with E-state index in [1.54, 1.807) is 31.6 Å². The molecular formula is C8H12N2O. The third-order valence-corrected chi connectivity index (χ3v) is 1.80. The lowest BCUT2D eigenvalue weighted by molar-refractivity contribution is 0.469. The number of rotatable bonds is 2. The van der Waals surface area contributed by atoms with Crippen LogP contribution in [0.1, 0.15) is 6.92 Å². The number of nitrogens with zero attached hydrogens (tertiary/aromatic N) is 2. The Bertz CT molecular complexity index is 221. The first-order valence-corrected chi connectivity index (χ1v) is 3.64. The zero-order chi connectivity index (χ0) is 8.32. The predicted molar refractivity (Wildman–Crippen MR) is 45.9 cm³/mol. The smallest absolute Gasteiger partial charge is 0.151 e. The van der Waals surface area contributed by atoms with E-state index in [-0.39, 0.29) is 4.65 Å². The van der Waals surface area contributed by atoms with Crippen LogP contribution in [0, 0.1) is 5.21 Å². The van der Waals surface area contributed by atoms with E-state index in [1.165, 1.54) is 0 Å². The van der Waals surface area contributed by atoms with Crippen LogP contribution < -0.4 is 4.65 Å². The summed E-state index contributed by atoms with van der Waals surface area (Å²) in [4.78, 5) is 3.88. The maximum absolute atomic E-state index is 11.6. The van der Waals surface area contributed by atoms with Gasteiger partial charge in [0.15, 0.2) is 5.69 Å². The Labute approximate surface area is 66.5 Å². The Balaban J connectivity index is 2.93. The van der Waals surface area contributed by atoms with Crippen molar-refractivity contribution in [1.82, 2.24) is 9.63 Å². The molecular weight excluding hydrogens is 140 g/mol. The monoisotopic (exact) mass is 152 g/mol. The second-order valence-corrected chi connectivity index (χ2v) is 2.63. The van der Waals surface area contributed by atoms with Crippen LogP contribution in [0.25, 0.3) is 0 Å². The molecule has 1 aromatic rings. The molecule has 0 N–H and O–H groups in total. The quantitative estimate of drug-likeness (QED) is 0.476. The molecule has 0 radical (unpaired) electrons. The summed E-state index contributed by atoms with van der Waals surface area (Å²) < 4.78 is -0.353. The zero-order valence-electron chi connectivity index (χ0n) is 6.82. The molecule has 0 fully saturated rings. The fourth-order valence-electron chi connectivity index (χ4n) is 0.816. The van der Waals surface area contributed by atoms with Crippen LogP contribution in [0.15, 0.2) is 24.5 Å². The summed E-state index contributed by atoms with van der Waals surface area (Å²) in [6.45, 7) is 2.39. The minimum Gasteiger partial charge on any atom is -0.627 e. The molecule has 1 aromatic heterocycles. The van der Waals surface area contributed by atoms with Crippen LogP contribution in [-0.4, -0.2) is 18.6 Å². The van der Waals surface area contributed by atoms with E-state index in [9.17, 15) is 5.21 Å². The van der Waals surface area contributed by atoms with E-state index >= 15 is 0 Å². The summed E-state index contributed by atoms with van der Waals surface area (Å²) in [6, 6.07) is 3.57. The maximum Gasteiger partial charge on any atom is 0.151 e. The van der Waals surface area contributed by atoms with Gasteiger partial charge in [0.1, 0.15) is 0 Å². The first-order chi connectivity index (χ1) is 5.17. The highest BCUT2D eigenvalue weighted by Crippen LogP contribution is 2.16. The van der Waals surface area contributed by atoms with Gasteiger partial charge in [0.05, 0.1) is 19.8 Å². The Hall–Kier alpha value is -0.930. The topological polar surface area (TPSA) is 36.0 Å². The largest absolute Gasteiger partial charge is 0.627 e. The average Bonchev–Trinajstić information content (AvgIpc) is 2.06. The molecule has 0 aliphatic carbocycles. The van der Waals surface area contributed by atoms with Crippen molar-refractivity contribution in [2.75, 3.05) is 13.6 Å². The molecule has 0 aliphatic rings. The SMILES string of the molecule is CC[N+](C)([O-])c1cccnc1. The van der Waals surface area contributed by atoms with Crippen molar-refractivity contribution in [2.45, 2.75) is 6.92 Å². The van der Waals surface area contributed by atoms with E-state index < -0.39 is 0 Å². The minimum absolute atomic E-state index is 0.353. The normalized spacial score (nSPS) is 15.9. The summed E-state index contributed by atoms with van der Waals surface area (Å²) in [5.74, 6) is 0. The maximum atomic E-state index is 11.6. The van der Waals surface area contributed by atoms with Gasteiger partial charge < -0.3 is 9.85 Å². The van der Waals surface area contributed by atoms with Crippen molar-refractivity contribution in [3.63, 3.8) is 0 Å². The average molecular weight is 152 g/mol. The third kappa shape index (κ3) is 1.76. The Morgan fingerprint density at radius 3 is 2.82 bits per heavy atom. The third-order valence-electron chi connectivity index (χ3n) is 1.80. The van der Waals surface area contributed by atoms with Crippen LogP contribution >= 0.6 is 0 Å². The van der Waals surface area contributed by atoms with Crippen molar-refractivity contribution in [3.8, 4) is 0 Å². The lowest BCUT2D eigenvalue weighted by Gasteiger charge is -2.36. The van der Waals surface area contributed by atoms with Crippen molar-refractivity contribution >= 4 is 5.69 Å². The number of hydroxylamine groups is 2. The van der Waals surface area contributed by atoms with Crippen molar-refractivity contribution in [1.29, 1.82) is 0 Å². The number of hydrogen-bond donors (Lipinski definition) is 0. The molecule has 0 spiro atoms. The summed E-state index contributed by atoms with van der Waals surface area (Å²) >= 11 is 0. The molecule has 1 heterocycles. The number of quaternary nitrogens is 1. The highest BCUT2D eigenvalue weighted by atomic mass is 16.5. The van der Waals surface area contributed by atoms with Gasteiger partial charge in [0, 0.05) is 12.3 Å². The molecule has 0 amide bonds. The molecule has 0 bridgehead atoms. The molecule has 1 unspecified atom stereocenters. The Morgan fingerprint density at radius 1 is 1.64 bits per heavy atom. The standard InChI is InChI=1S/C8H12N2O/c1-3-10(2,11)8-5-4-6-9-7-8/h4-7H,3H2,1-2H3. The van der Waals surface area contributed by atoms with Gasteiger partial charge in [0.2, 0.25) is 0 Å². The molecule has 11 heavy (non-hydrogen) atoms. The molecule has 0 aliphatic heterocycles. The van der Waals surface area contributed by atoms with Crippen LogP contribution in [0.3, 0.4) is 0 Å². The highest BCUT2D eigenvalue weighted by molar-refractivity contribution is 5.39. The van der Waals surface area contributed by atoms with Gasteiger partial charge >= 0.3 is 0 Å². The Kier molecular flexibility index (Phi) is 2.22. The van der Waals surface area contributed by atoms with Crippen LogP contribution in [0.2, 0.25) is 0 Å². The van der Waals surface area contributed by atoms with E-state index in [2.05, 4.69) is 4.98 Å². The van der Waals surface area contributed by atoms with E-state index in [4.69, 9.17) is 0 Å². The van der Waals surface area contributed by atoms with Crippen molar-refractivity contribution < 1.29 is 0 Å². The van der Waals surface area contributed by atoms with Crippen LogP contribution in [-0.2, 0) is 0 Å². The summed E-state index contributed by atoms with van der Waals surface area (Å²) in [5, 5.41) is 11.6. The molecule has 3 nitrogen and oxygen atoms in total. The summed E-state index contributed by atoms with van der Waals surface area (Å²) in [5.41, 5.74) is 0.704. The Morgan fingerprint density at radius 2 is 2.36 bits per heavy atom. The van der Waals surface area contributed by atoms with Gasteiger partial charge in [-0.1, -0.05) is 0 Å². The predicted octanol–water partition coefficient (Wildman–Crippen LogP) is 1.54. The lowest BCUT2D eigenvalue weighted by atomic mass is 10.4. The molecule has 0 saturated carbocycles. The summed E-state index contributed by atoms with van der Waals surface area (Å²) in [6.07, 6.45) is 3.27. The second-order valence-electron chi connectivity index (χ2n) is 2.63. The fraction of sp³-hybridized carbons (Fsp3) is 0.375. The minimum atomic E-state index is -0.353. The summed E-state index contributed by atoms with van der Waals surface area (Å²) in [7, 11) is 1.62. The van der Waals surface area contributed by atoms with E-state index in [0.717, 1.165) is 0 Å². The fourth-order valence-corrected chi connectivity index (χ4v) is 0.816. The highest BCUT2D eigenvalue weighted by Gasteiger charge is 2.09. The van der Waals surface area contributed by atoms with E-state index in [0.29, 0.717) is 12.2 Å². The van der Waals surface area contributed by atoms with Gasteiger partial charge in [-0.2, -0.15) is 0 Å². The van der Waals surface area contributed by atoms with E-state index in [1.807, 2.05) is 6.92 Å². The number of hydrogen-bond acceptors (Lipinski definition) is 2. The zero-order valence-corrected chi connectivity index (χ0v) is 6.82. The van der Waals surface area contributed by atoms with Crippen LogP contribution in [0.4, 0.5) is 5.69 Å². The van der Waals surface area contributed by atoms with Gasteiger partial charge in [0.25, 0.3) is 0 Å². The molecule has 1 atom stereocenters. The lowest BCUT2D eigenvalue weighted by Crippen LogP contribution is -2.37. The molecule has 3 heteroatoms. The van der Waals surface area contributed by atoms with Gasteiger partial charge in [-0.25, -0.2) is 0 Å².